The van der Waals surface area contributed by atoms with Crippen LogP contribution in [0.2, 0.25) is 0 Å². The highest BCUT2D eigenvalue weighted by molar-refractivity contribution is 5.96. The van der Waals surface area contributed by atoms with Gasteiger partial charge in [0.2, 0.25) is 5.91 Å². The Morgan fingerprint density at radius 2 is 1.40 bits per heavy atom. The van der Waals surface area contributed by atoms with E-state index in [1.165, 1.54) is 5.56 Å². The third kappa shape index (κ3) is 13.3. The molecule has 0 heterocycles. The van der Waals surface area contributed by atoms with Crippen molar-refractivity contribution in [3.05, 3.63) is 106 Å². The van der Waals surface area contributed by atoms with E-state index in [2.05, 4.69) is 29.7 Å². The second kappa shape index (κ2) is 18.8. The molecule has 3 rings (SSSR count). The van der Waals surface area contributed by atoms with E-state index in [0.29, 0.717) is 31.4 Å². The minimum atomic E-state index is -0.876. The van der Waals surface area contributed by atoms with E-state index < -0.39 is 36.4 Å². The van der Waals surface area contributed by atoms with Crippen molar-refractivity contribution < 1.29 is 28.7 Å². The smallest absolute Gasteiger partial charge is 0.407 e. The highest BCUT2D eigenvalue weighted by Crippen LogP contribution is 2.17. The predicted molar refractivity (Wildman–Crippen MR) is 167 cm³/mol. The summed E-state index contributed by atoms with van der Waals surface area (Å²) in [6.45, 7) is 7.31. The molecule has 0 bridgehead atoms. The van der Waals surface area contributed by atoms with Gasteiger partial charge in [-0.2, -0.15) is 0 Å². The number of unbranched alkanes of at least 4 members (excludes halogenated alkanes) is 1. The number of nitrogens with one attached hydrogen (secondary N) is 2. The van der Waals surface area contributed by atoms with Crippen LogP contribution in [0.4, 0.5) is 4.79 Å². The van der Waals surface area contributed by atoms with Crippen molar-refractivity contribution in [2.45, 2.75) is 59.6 Å². The Kier molecular flexibility index (Phi) is 15.2. The Morgan fingerprint density at radius 3 is 1.95 bits per heavy atom. The minimum Gasteiger partial charge on any atom is -0.454 e. The molecule has 43 heavy (non-hydrogen) atoms. The van der Waals surface area contributed by atoms with Crippen LogP contribution >= 0.6 is 0 Å². The van der Waals surface area contributed by atoms with Crippen molar-refractivity contribution in [2.24, 2.45) is 5.73 Å². The van der Waals surface area contributed by atoms with Gasteiger partial charge in [0.05, 0.1) is 11.6 Å². The standard InChI is InChI=1S/C27H35N3O6.C7H8/c1-18-13-19(2)25(20(3)14-18)26(33)35-17-23(31)22(11-7-8-12-28)30-24(32)15-29-27(34)36-16-21-9-5-4-6-10-21;1-7-5-3-2-4-6-7/h4-6,9-10,13-14,22H,7-8,11-12,15-17,28H2,1-3H3,(H,29,34)(H,30,32);2-6H,1H3/t22-;/m0./s1. The summed E-state index contributed by atoms with van der Waals surface area (Å²) >= 11 is 0. The third-order valence-corrected chi connectivity index (χ3v) is 6.44. The number of alkyl carbamates (subject to hydrolysis) is 1. The number of rotatable bonds is 13. The van der Waals surface area contributed by atoms with Crippen LogP contribution in [0.25, 0.3) is 0 Å². The molecule has 0 fully saturated rings. The van der Waals surface area contributed by atoms with E-state index in [1.54, 1.807) is 0 Å². The van der Waals surface area contributed by atoms with Gasteiger partial charge in [-0.25, -0.2) is 9.59 Å². The van der Waals surface area contributed by atoms with Gasteiger partial charge in [0.15, 0.2) is 12.4 Å². The number of benzene rings is 3. The first-order chi connectivity index (χ1) is 20.6. The van der Waals surface area contributed by atoms with Crippen molar-refractivity contribution >= 4 is 23.8 Å². The number of esters is 1. The maximum atomic E-state index is 12.8. The quantitative estimate of drug-likeness (QED) is 0.191. The van der Waals surface area contributed by atoms with Gasteiger partial charge >= 0.3 is 12.1 Å². The number of Topliss-reactive ketones (excluding diaryl/α,β-unsaturated/α-hetero) is 1. The average Bonchev–Trinajstić information content (AvgIpc) is 2.98. The lowest BCUT2D eigenvalue weighted by Crippen LogP contribution is -2.46. The fourth-order valence-corrected chi connectivity index (χ4v) is 4.32. The van der Waals surface area contributed by atoms with Crippen LogP contribution in [-0.2, 0) is 25.7 Å². The van der Waals surface area contributed by atoms with Crippen LogP contribution in [0, 0.1) is 27.7 Å². The molecule has 0 aliphatic rings. The van der Waals surface area contributed by atoms with Crippen molar-refractivity contribution in [1.29, 1.82) is 0 Å². The summed E-state index contributed by atoms with van der Waals surface area (Å²) < 4.78 is 10.4. The maximum Gasteiger partial charge on any atom is 0.407 e. The monoisotopic (exact) mass is 589 g/mol. The topological polar surface area (TPSA) is 137 Å². The fraction of sp³-hybridized carbons (Fsp3) is 0.353. The predicted octanol–water partition coefficient (Wildman–Crippen LogP) is 4.87. The third-order valence-electron chi connectivity index (χ3n) is 6.44. The van der Waals surface area contributed by atoms with Crippen LogP contribution in [0.1, 0.15) is 57.4 Å². The molecule has 9 heteroatoms. The Morgan fingerprint density at radius 1 is 0.791 bits per heavy atom. The van der Waals surface area contributed by atoms with Gasteiger partial charge in [0.1, 0.15) is 13.2 Å². The van der Waals surface area contributed by atoms with E-state index in [9.17, 15) is 19.2 Å². The van der Waals surface area contributed by atoms with Gasteiger partial charge in [-0.15, -0.1) is 0 Å². The molecule has 2 amide bonds. The van der Waals surface area contributed by atoms with Crippen LogP contribution in [0.5, 0.6) is 0 Å². The summed E-state index contributed by atoms with van der Waals surface area (Å²) in [6, 6.07) is 22.3. The Labute approximate surface area is 254 Å². The van der Waals surface area contributed by atoms with Crippen LogP contribution in [0.15, 0.2) is 72.8 Å². The summed E-state index contributed by atoms with van der Waals surface area (Å²) in [5.41, 5.74) is 10.7. The molecule has 4 N–H and O–H groups in total. The second-order valence-corrected chi connectivity index (χ2v) is 10.3. The van der Waals surface area contributed by atoms with E-state index >= 15 is 0 Å². The summed E-state index contributed by atoms with van der Waals surface area (Å²) in [4.78, 5) is 49.7. The molecule has 0 saturated carbocycles. The van der Waals surface area contributed by atoms with Crippen molar-refractivity contribution in [1.82, 2.24) is 10.6 Å². The van der Waals surface area contributed by atoms with Crippen LogP contribution in [0.3, 0.4) is 0 Å². The number of ether oxygens (including phenoxy) is 2. The lowest BCUT2D eigenvalue weighted by atomic mass is 10.00. The number of carbonyl (C=O) groups excluding carboxylic acids is 4. The molecule has 0 aliphatic heterocycles. The Bertz CT molecular complexity index is 1310. The maximum absolute atomic E-state index is 12.8. The largest absolute Gasteiger partial charge is 0.454 e. The fourth-order valence-electron chi connectivity index (χ4n) is 4.32. The molecular formula is C34H43N3O6. The lowest BCUT2D eigenvalue weighted by Gasteiger charge is -2.18. The minimum absolute atomic E-state index is 0.0692. The van der Waals surface area contributed by atoms with E-state index in [1.807, 2.05) is 81.4 Å². The highest BCUT2D eigenvalue weighted by atomic mass is 16.5. The molecule has 0 saturated heterocycles. The highest BCUT2D eigenvalue weighted by Gasteiger charge is 2.23. The molecule has 9 nitrogen and oxygen atoms in total. The van der Waals surface area contributed by atoms with Crippen LogP contribution < -0.4 is 16.4 Å². The molecular weight excluding hydrogens is 546 g/mol. The van der Waals surface area contributed by atoms with Crippen LogP contribution in [-0.4, -0.2) is 49.5 Å². The Hall–Kier alpha value is -4.50. The summed E-state index contributed by atoms with van der Waals surface area (Å²) in [6.07, 6.45) is 0.855. The van der Waals surface area contributed by atoms with Crippen molar-refractivity contribution in [2.75, 3.05) is 19.7 Å². The summed E-state index contributed by atoms with van der Waals surface area (Å²) in [7, 11) is 0. The zero-order chi connectivity index (χ0) is 31.6. The van der Waals surface area contributed by atoms with Gasteiger partial charge in [0.25, 0.3) is 0 Å². The molecule has 0 unspecified atom stereocenters. The first-order valence-corrected chi connectivity index (χ1v) is 14.3. The molecule has 0 aliphatic carbocycles. The molecule has 0 aromatic heterocycles. The number of nitrogens with two attached hydrogens (primary N) is 1. The number of hydrogen-bond acceptors (Lipinski definition) is 7. The Balaban J connectivity index is 0.000000804. The van der Waals surface area contributed by atoms with E-state index in [0.717, 1.165) is 22.3 Å². The van der Waals surface area contributed by atoms with Crippen molar-refractivity contribution in [3.63, 3.8) is 0 Å². The molecule has 3 aromatic carbocycles. The first-order valence-electron chi connectivity index (χ1n) is 14.3. The summed E-state index contributed by atoms with van der Waals surface area (Å²) in [5, 5.41) is 4.97. The SMILES string of the molecule is Cc1cc(C)c(C(=O)OCC(=O)[C@H](CCCCN)NC(=O)CNC(=O)OCc2ccccc2)c(C)c1.Cc1ccccc1. The van der Waals surface area contributed by atoms with Gasteiger partial charge in [0, 0.05) is 0 Å². The number of ketones is 1. The molecule has 230 valence electrons. The van der Waals surface area contributed by atoms with E-state index in [4.69, 9.17) is 15.2 Å². The zero-order valence-electron chi connectivity index (χ0n) is 25.5. The number of amides is 2. The molecule has 0 spiro atoms. The summed E-state index contributed by atoms with van der Waals surface area (Å²) in [5.74, 6) is -1.59. The van der Waals surface area contributed by atoms with Crippen molar-refractivity contribution in [3.8, 4) is 0 Å². The molecule has 1 atom stereocenters. The number of hydrogen-bond donors (Lipinski definition) is 3. The van der Waals surface area contributed by atoms with E-state index in [-0.39, 0.29) is 13.2 Å². The van der Waals surface area contributed by atoms with Gasteiger partial charge < -0.3 is 25.8 Å². The number of aryl methyl sites for hydroxylation is 4. The zero-order valence-corrected chi connectivity index (χ0v) is 25.5. The average molecular weight is 590 g/mol. The normalized spacial score (nSPS) is 10.9. The van der Waals surface area contributed by atoms with Gasteiger partial charge in [-0.3, -0.25) is 9.59 Å². The second-order valence-electron chi connectivity index (χ2n) is 10.3. The number of carbonyl (C=O) groups is 4. The first kappa shape index (κ1) is 34.7. The van der Waals surface area contributed by atoms with Gasteiger partial charge in [-0.05, 0) is 70.2 Å². The molecule has 3 aromatic rings. The molecule has 0 radical (unpaired) electrons. The lowest BCUT2D eigenvalue weighted by molar-refractivity contribution is -0.129. The van der Waals surface area contributed by atoms with Gasteiger partial charge in [-0.1, -0.05) is 83.9 Å².